The number of furan rings is 1. The van der Waals surface area contributed by atoms with Crippen LogP contribution >= 0.6 is 24.0 Å². The van der Waals surface area contributed by atoms with Gasteiger partial charge in [0.25, 0.3) is 11.8 Å². The molecule has 7 heteroatoms. The topological polar surface area (TPSA) is 62.6 Å². The van der Waals surface area contributed by atoms with Gasteiger partial charge in [-0.25, -0.2) is 0 Å². The van der Waals surface area contributed by atoms with Crippen molar-refractivity contribution in [2.45, 2.75) is 19.9 Å². The van der Waals surface area contributed by atoms with E-state index in [1.54, 1.807) is 23.1 Å². The standard InChI is InChI=1S/C25H22N2O3S2/c1-2-14-26-23(28)19-10-8-18(9-11-19)21-13-12-20(30-21)15-22-24(29)27(25(31)32-22)16-17-6-4-3-5-7-17/h3-13,15H,2,14,16H2,1H3,(H,26,28)/b22-15+. The number of nitrogens with zero attached hydrogens (tertiary/aromatic N) is 1. The molecule has 0 spiro atoms. The number of hydrogen-bond donors (Lipinski definition) is 1. The number of carbonyl (C=O) groups excluding carboxylic acids is 2. The van der Waals surface area contributed by atoms with Crippen molar-refractivity contribution < 1.29 is 14.0 Å². The van der Waals surface area contributed by atoms with Gasteiger partial charge in [0.1, 0.15) is 15.8 Å². The van der Waals surface area contributed by atoms with Crippen LogP contribution in [0.25, 0.3) is 17.4 Å². The van der Waals surface area contributed by atoms with Crippen LogP contribution in [0, 0.1) is 0 Å². The van der Waals surface area contributed by atoms with Crippen molar-refractivity contribution in [3.8, 4) is 11.3 Å². The molecule has 3 aromatic rings. The van der Waals surface area contributed by atoms with Crippen LogP contribution in [0.15, 0.2) is 76.1 Å². The van der Waals surface area contributed by atoms with Crippen LogP contribution in [0.5, 0.6) is 0 Å². The molecule has 2 heterocycles. The van der Waals surface area contributed by atoms with Gasteiger partial charge in [-0.2, -0.15) is 0 Å². The second kappa shape index (κ2) is 9.97. The predicted octanol–water partition coefficient (Wildman–Crippen LogP) is 5.49. The first-order chi connectivity index (χ1) is 15.5. The van der Waals surface area contributed by atoms with E-state index in [0.29, 0.717) is 39.4 Å². The summed E-state index contributed by atoms with van der Waals surface area (Å²) in [6, 6.07) is 20.7. The van der Waals surface area contributed by atoms with Crippen LogP contribution in [-0.2, 0) is 11.3 Å². The lowest BCUT2D eigenvalue weighted by Crippen LogP contribution is -2.27. The van der Waals surface area contributed by atoms with Crippen molar-refractivity contribution in [1.82, 2.24) is 10.2 Å². The molecule has 0 aliphatic carbocycles. The Morgan fingerprint density at radius 3 is 2.56 bits per heavy atom. The first kappa shape index (κ1) is 22.0. The van der Waals surface area contributed by atoms with Gasteiger partial charge in [-0.05, 0) is 36.2 Å². The molecule has 1 N–H and O–H groups in total. The average molecular weight is 463 g/mol. The Hall–Kier alpha value is -3.16. The van der Waals surface area contributed by atoms with Crippen LogP contribution in [0.3, 0.4) is 0 Å². The van der Waals surface area contributed by atoms with E-state index in [1.165, 1.54) is 11.8 Å². The molecule has 4 rings (SSSR count). The molecule has 1 aromatic heterocycles. The highest BCUT2D eigenvalue weighted by atomic mass is 32.2. The minimum Gasteiger partial charge on any atom is -0.457 e. The van der Waals surface area contributed by atoms with Crippen LogP contribution < -0.4 is 5.32 Å². The van der Waals surface area contributed by atoms with Gasteiger partial charge in [0.15, 0.2) is 0 Å². The van der Waals surface area contributed by atoms with Crippen molar-refractivity contribution in [3.63, 3.8) is 0 Å². The summed E-state index contributed by atoms with van der Waals surface area (Å²) in [4.78, 5) is 27.0. The Labute approximate surface area is 196 Å². The molecule has 0 saturated carbocycles. The van der Waals surface area contributed by atoms with Crippen molar-refractivity contribution in [1.29, 1.82) is 0 Å². The molecule has 1 aliphatic rings. The maximum Gasteiger partial charge on any atom is 0.266 e. The molecule has 0 atom stereocenters. The molecular formula is C25H22N2O3S2. The van der Waals surface area contributed by atoms with Crippen LogP contribution in [0.4, 0.5) is 0 Å². The highest BCUT2D eigenvalue weighted by Crippen LogP contribution is 2.34. The number of thioether (sulfide) groups is 1. The molecule has 32 heavy (non-hydrogen) atoms. The zero-order valence-electron chi connectivity index (χ0n) is 17.5. The Morgan fingerprint density at radius 1 is 1.09 bits per heavy atom. The van der Waals surface area contributed by atoms with Crippen molar-refractivity contribution in [2.75, 3.05) is 6.54 Å². The van der Waals surface area contributed by atoms with E-state index < -0.39 is 0 Å². The van der Waals surface area contributed by atoms with Gasteiger partial charge in [0.2, 0.25) is 0 Å². The van der Waals surface area contributed by atoms with E-state index in [2.05, 4.69) is 5.32 Å². The predicted molar refractivity (Wildman–Crippen MR) is 132 cm³/mol. The van der Waals surface area contributed by atoms with Gasteiger partial charge < -0.3 is 9.73 Å². The zero-order valence-corrected chi connectivity index (χ0v) is 19.2. The quantitative estimate of drug-likeness (QED) is 0.372. The Kier molecular flexibility index (Phi) is 6.87. The smallest absolute Gasteiger partial charge is 0.266 e. The lowest BCUT2D eigenvalue weighted by atomic mass is 10.1. The Balaban J connectivity index is 1.46. The highest BCUT2D eigenvalue weighted by molar-refractivity contribution is 8.26. The third kappa shape index (κ3) is 5.00. The fraction of sp³-hybridized carbons (Fsp3) is 0.160. The number of amides is 2. The Morgan fingerprint density at radius 2 is 1.84 bits per heavy atom. The van der Waals surface area contributed by atoms with Crippen LogP contribution in [0.2, 0.25) is 0 Å². The fourth-order valence-corrected chi connectivity index (χ4v) is 4.48. The number of carbonyl (C=O) groups is 2. The summed E-state index contributed by atoms with van der Waals surface area (Å²) in [5.74, 6) is 1.03. The lowest BCUT2D eigenvalue weighted by Gasteiger charge is -2.14. The second-order valence-corrected chi connectivity index (χ2v) is 8.96. The first-order valence-corrected chi connectivity index (χ1v) is 11.6. The molecule has 162 valence electrons. The maximum atomic E-state index is 12.8. The third-order valence-corrected chi connectivity index (χ3v) is 6.30. The molecule has 0 unspecified atom stereocenters. The number of benzene rings is 2. The summed E-state index contributed by atoms with van der Waals surface area (Å²) in [5, 5.41) is 2.86. The first-order valence-electron chi connectivity index (χ1n) is 10.3. The summed E-state index contributed by atoms with van der Waals surface area (Å²) < 4.78 is 6.47. The molecule has 2 aromatic carbocycles. The fourth-order valence-electron chi connectivity index (χ4n) is 3.24. The van der Waals surface area contributed by atoms with Crippen LogP contribution in [0.1, 0.15) is 35.0 Å². The third-order valence-electron chi connectivity index (χ3n) is 4.92. The maximum absolute atomic E-state index is 12.8. The molecule has 1 fully saturated rings. The number of hydrogen-bond acceptors (Lipinski definition) is 5. The van der Waals surface area contributed by atoms with E-state index in [9.17, 15) is 9.59 Å². The minimum absolute atomic E-state index is 0.0870. The summed E-state index contributed by atoms with van der Waals surface area (Å²) in [5.41, 5.74) is 2.49. The molecule has 0 radical (unpaired) electrons. The van der Waals surface area contributed by atoms with Gasteiger partial charge in [-0.1, -0.05) is 73.4 Å². The van der Waals surface area contributed by atoms with E-state index in [0.717, 1.165) is 17.5 Å². The summed E-state index contributed by atoms with van der Waals surface area (Å²) in [7, 11) is 0. The highest BCUT2D eigenvalue weighted by Gasteiger charge is 2.32. The van der Waals surface area contributed by atoms with Gasteiger partial charge >= 0.3 is 0 Å². The molecule has 1 aliphatic heterocycles. The molecule has 1 saturated heterocycles. The SMILES string of the molecule is CCCNC(=O)c1ccc(-c2ccc(/C=C3/SC(=S)N(Cc4ccccc4)C3=O)o2)cc1. The number of nitrogens with one attached hydrogen (secondary N) is 1. The molecule has 5 nitrogen and oxygen atoms in total. The van der Waals surface area contributed by atoms with E-state index >= 15 is 0 Å². The largest absolute Gasteiger partial charge is 0.457 e. The second-order valence-electron chi connectivity index (χ2n) is 7.29. The van der Waals surface area contributed by atoms with E-state index in [4.69, 9.17) is 16.6 Å². The van der Waals surface area contributed by atoms with Crippen molar-refractivity contribution in [3.05, 3.63) is 88.5 Å². The van der Waals surface area contributed by atoms with Crippen molar-refractivity contribution in [2.24, 2.45) is 0 Å². The van der Waals surface area contributed by atoms with Crippen LogP contribution in [-0.4, -0.2) is 27.6 Å². The lowest BCUT2D eigenvalue weighted by molar-refractivity contribution is -0.122. The monoisotopic (exact) mass is 462 g/mol. The molecule has 0 bridgehead atoms. The minimum atomic E-state index is -0.121. The molecular weight excluding hydrogens is 440 g/mol. The number of rotatable bonds is 7. The summed E-state index contributed by atoms with van der Waals surface area (Å²) in [6.07, 6.45) is 2.62. The van der Waals surface area contributed by atoms with Gasteiger partial charge in [-0.15, -0.1) is 0 Å². The molecule has 2 amide bonds. The zero-order chi connectivity index (χ0) is 22.5. The number of thiocarbonyl (C=S) groups is 1. The van der Waals surface area contributed by atoms with E-state index in [1.807, 2.05) is 61.5 Å². The van der Waals surface area contributed by atoms with Gasteiger partial charge in [0.05, 0.1) is 11.4 Å². The van der Waals surface area contributed by atoms with E-state index in [-0.39, 0.29) is 11.8 Å². The van der Waals surface area contributed by atoms with Crippen molar-refractivity contribution >= 4 is 46.2 Å². The summed E-state index contributed by atoms with van der Waals surface area (Å²) >= 11 is 6.69. The normalized spacial score (nSPS) is 14.9. The summed E-state index contributed by atoms with van der Waals surface area (Å²) in [6.45, 7) is 3.11. The van der Waals surface area contributed by atoms with Gasteiger partial charge in [-0.3, -0.25) is 14.5 Å². The Bertz CT molecular complexity index is 1170. The average Bonchev–Trinajstić information content (AvgIpc) is 3.38. The van der Waals surface area contributed by atoms with Gasteiger partial charge in [0, 0.05) is 23.7 Å².